The zero-order chi connectivity index (χ0) is 20.6. The van der Waals surface area contributed by atoms with Crippen LogP contribution >= 0.6 is 11.6 Å². The fourth-order valence-electron chi connectivity index (χ4n) is 3.54. The van der Waals surface area contributed by atoms with Gasteiger partial charge in [0.2, 0.25) is 0 Å². The molecule has 0 fully saturated rings. The predicted octanol–water partition coefficient (Wildman–Crippen LogP) is 3.88. The number of pyridine rings is 1. The maximum absolute atomic E-state index is 14.3. The average Bonchev–Trinajstić information content (AvgIpc) is 2.93. The molecule has 0 spiro atoms. The molecule has 0 saturated carbocycles. The standard InChI is InChI=1S/C22H16ClFN2O3/c23-17-7-3-8-18(24)15(17)13-26-19-9-2-1-6-16(19)22(29,21(26)28)11-20(27)14-5-4-10-25-12-14/h1-10,12,29H,11,13H2/t22-/m1/s1. The van der Waals surface area contributed by atoms with Gasteiger partial charge in [0.05, 0.1) is 18.7 Å². The van der Waals surface area contributed by atoms with Crippen LogP contribution in [0.25, 0.3) is 0 Å². The quantitative estimate of drug-likeness (QED) is 0.648. The van der Waals surface area contributed by atoms with Crippen LogP contribution in [-0.4, -0.2) is 21.8 Å². The van der Waals surface area contributed by atoms with E-state index < -0.39 is 29.5 Å². The third kappa shape index (κ3) is 3.30. The fourth-order valence-corrected chi connectivity index (χ4v) is 3.76. The molecule has 1 aliphatic rings. The number of rotatable bonds is 5. The molecular weight excluding hydrogens is 395 g/mol. The number of ketones is 1. The number of amides is 1. The van der Waals surface area contributed by atoms with E-state index in [0.29, 0.717) is 16.8 Å². The SMILES string of the molecule is O=C(C[C@]1(O)C(=O)N(Cc2c(F)cccc2Cl)c2ccccc21)c1cccnc1. The third-order valence-electron chi connectivity index (χ3n) is 5.02. The highest BCUT2D eigenvalue weighted by Gasteiger charge is 2.51. The van der Waals surface area contributed by atoms with Crippen LogP contribution in [0.5, 0.6) is 0 Å². The van der Waals surface area contributed by atoms with E-state index in [2.05, 4.69) is 4.98 Å². The van der Waals surface area contributed by atoms with E-state index in [1.807, 2.05) is 0 Å². The van der Waals surface area contributed by atoms with Crippen LogP contribution in [0.3, 0.4) is 0 Å². The van der Waals surface area contributed by atoms with Gasteiger partial charge >= 0.3 is 0 Å². The summed E-state index contributed by atoms with van der Waals surface area (Å²) >= 11 is 6.12. The van der Waals surface area contributed by atoms with Gasteiger partial charge in [-0.2, -0.15) is 0 Å². The van der Waals surface area contributed by atoms with Crippen molar-refractivity contribution in [3.8, 4) is 0 Å². The van der Waals surface area contributed by atoms with Gasteiger partial charge in [-0.15, -0.1) is 0 Å². The molecule has 29 heavy (non-hydrogen) atoms. The number of anilines is 1. The van der Waals surface area contributed by atoms with Crippen LogP contribution in [0.2, 0.25) is 5.02 Å². The molecule has 1 atom stereocenters. The van der Waals surface area contributed by atoms with Gasteiger partial charge in [-0.05, 0) is 30.3 Å². The van der Waals surface area contributed by atoms with E-state index in [4.69, 9.17) is 11.6 Å². The van der Waals surface area contributed by atoms with Crippen molar-refractivity contribution in [2.24, 2.45) is 0 Å². The Kier molecular flexibility index (Phi) is 4.90. The molecule has 1 aliphatic heterocycles. The van der Waals surface area contributed by atoms with Gasteiger partial charge in [-0.25, -0.2) is 4.39 Å². The maximum Gasteiger partial charge on any atom is 0.264 e. The summed E-state index contributed by atoms with van der Waals surface area (Å²) in [5, 5.41) is 11.4. The molecule has 2 heterocycles. The van der Waals surface area contributed by atoms with Crippen LogP contribution in [-0.2, 0) is 16.9 Å². The summed E-state index contributed by atoms with van der Waals surface area (Å²) < 4.78 is 14.3. The second-order valence-corrected chi connectivity index (χ2v) is 7.22. The molecule has 0 unspecified atom stereocenters. The number of carbonyl (C=O) groups excluding carboxylic acids is 2. The van der Waals surface area contributed by atoms with Crippen molar-refractivity contribution >= 4 is 29.0 Å². The highest BCUT2D eigenvalue weighted by molar-refractivity contribution is 6.31. The Hall–Kier alpha value is -3.09. The molecule has 2 aromatic carbocycles. The van der Waals surface area contributed by atoms with E-state index >= 15 is 0 Å². The zero-order valence-electron chi connectivity index (χ0n) is 15.2. The lowest BCUT2D eigenvalue weighted by Gasteiger charge is -2.23. The first-order chi connectivity index (χ1) is 13.9. The molecule has 0 aliphatic carbocycles. The Labute approximate surface area is 171 Å². The van der Waals surface area contributed by atoms with Crippen LogP contribution in [0.1, 0.15) is 27.9 Å². The third-order valence-corrected chi connectivity index (χ3v) is 5.37. The summed E-state index contributed by atoms with van der Waals surface area (Å²) in [5.74, 6) is -1.67. The minimum atomic E-state index is -2.05. The number of Topliss-reactive ketones (excluding diaryl/α,β-unsaturated/α-hetero) is 1. The lowest BCUT2D eigenvalue weighted by Crippen LogP contribution is -2.41. The van der Waals surface area contributed by atoms with Gasteiger partial charge in [0.1, 0.15) is 5.82 Å². The molecule has 3 aromatic rings. The minimum absolute atomic E-state index is 0.139. The van der Waals surface area contributed by atoms with E-state index in [0.717, 1.165) is 0 Å². The molecule has 5 nitrogen and oxygen atoms in total. The Bertz CT molecular complexity index is 1090. The summed E-state index contributed by atoms with van der Waals surface area (Å²) in [5.41, 5.74) is -0.906. The molecule has 0 radical (unpaired) electrons. The van der Waals surface area contributed by atoms with E-state index in [1.54, 1.807) is 36.4 Å². The van der Waals surface area contributed by atoms with Crippen molar-refractivity contribution in [3.05, 3.63) is 94.5 Å². The molecule has 1 N–H and O–H groups in total. The summed E-state index contributed by atoms with van der Waals surface area (Å²) in [6.07, 6.45) is 2.46. The number of para-hydroxylation sites is 1. The smallest absolute Gasteiger partial charge is 0.264 e. The van der Waals surface area contributed by atoms with E-state index in [-0.39, 0.29) is 17.1 Å². The summed E-state index contributed by atoms with van der Waals surface area (Å²) in [4.78, 5) is 31.1. The summed E-state index contributed by atoms with van der Waals surface area (Å²) in [6.45, 7) is -0.162. The highest BCUT2D eigenvalue weighted by Crippen LogP contribution is 2.44. The summed E-state index contributed by atoms with van der Waals surface area (Å²) in [6, 6.07) is 14.1. The molecule has 1 aromatic heterocycles. The Balaban J connectivity index is 1.72. The van der Waals surface area contributed by atoms with Gasteiger partial charge in [0.25, 0.3) is 5.91 Å². The van der Waals surface area contributed by atoms with Gasteiger partial charge in [-0.3, -0.25) is 14.6 Å². The van der Waals surface area contributed by atoms with Crippen molar-refractivity contribution in [3.63, 3.8) is 0 Å². The molecule has 7 heteroatoms. The normalized spacial score (nSPS) is 18.0. The second-order valence-electron chi connectivity index (χ2n) is 6.81. The Morgan fingerprint density at radius 1 is 1.14 bits per heavy atom. The number of fused-ring (bicyclic) bond motifs is 1. The zero-order valence-corrected chi connectivity index (χ0v) is 15.9. The van der Waals surface area contributed by atoms with E-state index in [9.17, 15) is 19.1 Å². The fraction of sp³-hybridized carbons (Fsp3) is 0.136. The first kappa shape index (κ1) is 19.2. The first-order valence-corrected chi connectivity index (χ1v) is 9.29. The second kappa shape index (κ2) is 7.39. The molecule has 0 bridgehead atoms. The van der Waals surface area contributed by atoms with Gasteiger partial charge in [-0.1, -0.05) is 35.9 Å². The van der Waals surface area contributed by atoms with E-state index in [1.165, 1.54) is 35.5 Å². The monoisotopic (exact) mass is 410 g/mol. The van der Waals surface area contributed by atoms with Crippen molar-refractivity contribution in [1.82, 2.24) is 4.98 Å². The van der Waals surface area contributed by atoms with Crippen molar-refractivity contribution in [2.45, 2.75) is 18.6 Å². The van der Waals surface area contributed by atoms with Crippen LogP contribution in [0, 0.1) is 5.82 Å². The van der Waals surface area contributed by atoms with Crippen molar-refractivity contribution in [1.29, 1.82) is 0 Å². The topological polar surface area (TPSA) is 70.5 Å². The lowest BCUT2D eigenvalue weighted by molar-refractivity contribution is -0.136. The first-order valence-electron chi connectivity index (χ1n) is 8.92. The number of benzene rings is 2. The number of hydrogen-bond acceptors (Lipinski definition) is 4. The molecule has 4 rings (SSSR count). The Morgan fingerprint density at radius 2 is 1.93 bits per heavy atom. The van der Waals surface area contributed by atoms with Crippen LogP contribution in [0.4, 0.5) is 10.1 Å². The number of halogens is 2. The number of nitrogens with zero attached hydrogens (tertiary/aromatic N) is 2. The number of aliphatic hydroxyl groups is 1. The molecular formula is C22H16ClFN2O3. The number of carbonyl (C=O) groups is 2. The minimum Gasteiger partial charge on any atom is -0.375 e. The number of hydrogen-bond donors (Lipinski definition) is 1. The number of aromatic nitrogens is 1. The predicted molar refractivity (Wildman–Crippen MR) is 106 cm³/mol. The largest absolute Gasteiger partial charge is 0.375 e. The average molecular weight is 411 g/mol. The molecule has 0 saturated heterocycles. The molecule has 1 amide bonds. The Morgan fingerprint density at radius 3 is 2.66 bits per heavy atom. The maximum atomic E-state index is 14.3. The highest BCUT2D eigenvalue weighted by atomic mass is 35.5. The van der Waals surface area contributed by atoms with Crippen LogP contribution in [0.15, 0.2) is 67.0 Å². The van der Waals surface area contributed by atoms with Crippen LogP contribution < -0.4 is 4.90 Å². The van der Waals surface area contributed by atoms with Gasteiger partial charge < -0.3 is 10.0 Å². The molecule has 146 valence electrons. The van der Waals surface area contributed by atoms with Crippen molar-refractivity contribution < 1.29 is 19.1 Å². The lowest BCUT2D eigenvalue weighted by atomic mass is 9.88. The summed E-state index contributed by atoms with van der Waals surface area (Å²) in [7, 11) is 0. The van der Waals surface area contributed by atoms with Crippen molar-refractivity contribution in [2.75, 3.05) is 4.90 Å². The van der Waals surface area contributed by atoms with Gasteiger partial charge in [0.15, 0.2) is 11.4 Å². The van der Waals surface area contributed by atoms with Gasteiger partial charge in [0, 0.05) is 34.1 Å².